The molecule has 0 spiro atoms. The van der Waals surface area contributed by atoms with Crippen molar-refractivity contribution in [2.75, 3.05) is 0 Å². The fourth-order valence-electron chi connectivity index (χ4n) is 0.948. The summed E-state index contributed by atoms with van der Waals surface area (Å²) in [6.45, 7) is 6.29. The zero-order chi connectivity index (χ0) is 10.8. The molecule has 78 valence electrons. The van der Waals surface area contributed by atoms with E-state index in [1.165, 1.54) is 0 Å². The highest BCUT2D eigenvalue weighted by Gasteiger charge is 2.18. The van der Waals surface area contributed by atoms with Crippen LogP contribution in [0.15, 0.2) is 5.38 Å². The third-order valence-electron chi connectivity index (χ3n) is 1.70. The van der Waals surface area contributed by atoms with Gasteiger partial charge in [0.05, 0.1) is 17.1 Å². The number of carbonyl (C=O) groups is 1. The molecule has 0 radical (unpaired) electrons. The molecule has 3 N–H and O–H groups in total. The standard InChI is InChI=1S/C9H15N3OS/c1-9(2,3)8-11-6(5-14-8)4-7(13)12-10/h5H,4,10H2,1-3H3,(H,12,13). The number of nitrogens with one attached hydrogen (secondary N) is 1. The molecule has 5 heteroatoms. The van der Waals surface area contributed by atoms with Crippen molar-refractivity contribution in [1.82, 2.24) is 10.4 Å². The van der Waals surface area contributed by atoms with E-state index < -0.39 is 0 Å². The third kappa shape index (κ3) is 2.78. The lowest BCUT2D eigenvalue weighted by Gasteiger charge is -2.13. The summed E-state index contributed by atoms with van der Waals surface area (Å²) in [5.41, 5.74) is 2.91. The van der Waals surface area contributed by atoms with Gasteiger partial charge in [-0.05, 0) is 0 Å². The molecule has 0 atom stereocenters. The molecular weight excluding hydrogens is 198 g/mol. The zero-order valence-corrected chi connectivity index (χ0v) is 9.44. The molecule has 0 fully saturated rings. The summed E-state index contributed by atoms with van der Waals surface area (Å²) in [5, 5.41) is 2.94. The van der Waals surface area contributed by atoms with Crippen molar-refractivity contribution in [3.63, 3.8) is 0 Å². The number of aromatic nitrogens is 1. The summed E-state index contributed by atoms with van der Waals surface area (Å²) < 4.78 is 0. The van der Waals surface area contributed by atoms with Gasteiger partial charge in [0.2, 0.25) is 5.91 Å². The molecule has 1 aromatic heterocycles. The van der Waals surface area contributed by atoms with Gasteiger partial charge in [-0.2, -0.15) is 0 Å². The summed E-state index contributed by atoms with van der Waals surface area (Å²) in [6.07, 6.45) is 0.253. The molecule has 0 unspecified atom stereocenters. The van der Waals surface area contributed by atoms with E-state index in [9.17, 15) is 4.79 Å². The van der Waals surface area contributed by atoms with Gasteiger partial charge in [-0.3, -0.25) is 10.2 Å². The first-order chi connectivity index (χ1) is 6.43. The Morgan fingerprint density at radius 1 is 1.64 bits per heavy atom. The van der Waals surface area contributed by atoms with Crippen molar-refractivity contribution in [3.8, 4) is 0 Å². The first-order valence-corrected chi connectivity index (χ1v) is 5.26. The maximum Gasteiger partial charge on any atom is 0.239 e. The summed E-state index contributed by atoms with van der Waals surface area (Å²) in [4.78, 5) is 15.3. The number of carbonyl (C=O) groups excluding carboxylic acids is 1. The van der Waals surface area contributed by atoms with Gasteiger partial charge in [0.25, 0.3) is 0 Å². The van der Waals surface area contributed by atoms with Gasteiger partial charge in [0.15, 0.2) is 0 Å². The summed E-state index contributed by atoms with van der Waals surface area (Å²) >= 11 is 1.58. The molecule has 1 rings (SSSR count). The highest BCUT2D eigenvalue weighted by molar-refractivity contribution is 7.09. The highest BCUT2D eigenvalue weighted by atomic mass is 32.1. The molecule has 0 saturated carbocycles. The minimum Gasteiger partial charge on any atom is -0.294 e. The van der Waals surface area contributed by atoms with Gasteiger partial charge in [0, 0.05) is 10.8 Å². The van der Waals surface area contributed by atoms with Crippen molar-refractivity contribution in [2.45, 2.75) is 32.6 Å². The van der Waals surface area contributed by atoms with Gasteiger partial charge >= 0.3 is 0 Å². The maximum atomic E-state index is 11.0. The number of amides is 1. The lowest BCUT2D eigenvalue weighted by molar-refractivity contribution is -0.120. The molecule has 14 heavy (non-hydrogen) atoms. The maximum absolute atomic E-state index is 11.0. The van der Waals surface area contributed by atoms with E-state index in [0.717, 1.165) is 10.7 Å². The summed E-state index contributed by atoms with van der Waals surface area (Å²) in [6, 6.07) is 0. The van der Waals surface area contributed by atoms with Crippen LogP contribution in [-0.4, -0.2) is 10.9 Å². The average Bonchev–Trinajstić information content (AvgIpc) is 2.51. The number of hydrogen-bond acceptors (Lipinski definition) is 4. The topological polar surface area (TPSA) is 68.0 Å². The largest absolute Gasteiger partial charge is 0.294 e. The number of nitrogens with two attached hydrogens (primary N) is 1. The first kappa shape index (κ1) is 11.1. The molecule has 0 saturated heterocycles. The Bertz CT molecular complexity index is 327. The molecule has 1 amide bonds. The Kier molecular flexibility index (Phi) is 3.23. The van der Waals surface area contributed by atoms with Crippen molar-refractivity contribution < 1.29 is 4.79 Å². The summed E-state index contributed by atoms with van der Waals surface area (Å²) in [7, 11) is 0. The van der Waals surface area contributed by atoms with E-state index in [2.05, 4.69) is 31.2 Å². The van der Waals surface area contributed by atoms with E-state index in [4.69, 9.17) is 5.84 Å². The van der Waals surface area contributed by atoms with Crippen LogP contribution in [0.5, 0.6) is 0 Å². The lowest BCUT2D eigenvalue weighted by Crippen LogP contribution is -2.31. The van der Waals surface area contributed by atoms with Crippen LogP contribution in [0.3, 0.4) is 0 Å². The Morgan fingerprint density at radius 2 is 2.29 bits per heavy atom. The first-order valence-electron chi connectivity index (χ1n) is 4.38. The fourth-order valence-corrected chi connectivity index (χ4v) is 1.86. The lowest BCUT2D eigenvalue weighted by atomic mass is 9.98. The molecule has 1 heterocycles. The molecule has 0 aliphatic rings. The second-order valence-corrected chi connectivity index (χ2v) is 5.00. The molecule has 0 aliphatic heterocycles. The number of nitrogens with zero attached hydrogens (tertiary/aromatic N) is 1. The number of thiazole rings is 1. The molecule has 1 aromatic rings. The Morgan fingerprint density at radius 3 is 2.71 bits per heavy atom. The van der Waals surface area contributed by atoms with Crippen LogP contribution in [0.25, 0.3) is 0 Å². The monoisotopic (exact) mass is 213 g/mol. The average molecular weight is 213 g/mol. The predicted octanol–water partition coefficient (Wildman–Crippen LogP) is 0.973. The third-order valence-corrected chi connectivity index (χ3v) is 3.01. The van der Waals surface area contributed by atoms with Gasteiger partial charge in [-0.1, -0.05) is 20.8 Å². The van der Waals surface area contributed by atoms with Crippen molar-refractivity contribution >= 4 is 17.2 Å². The number of hydrazine groups is 1. The van der Waals surface area contributed by atoms with Gasteiger partial charge in [0.1, 0.15) is 0 Å². The summed E-state index contributed by atoms with van der Waals surface area (Å²) in [5.74, 6) is 4.78. The zero-order valence-electron chi connectivity index (χ0n) is 8.63. The minimum atomic E-state index is -0.212. The van der Waals surface area contributed by atoms with Crippen LogP contribution < -0.4 is 11.3 Å². The molecule has 0 aromatic carbocycles. The van der Waals surface area contributed by atoms with E-state index in [1.807, 2.05) is 5.38 Å². The van der Waals surface area contributed by atoms with E-state index in [-0.39, 0.29) is 17.7 Å². The smallest absolute Gasteiger partial charge is 0.239 e. The van der Waals surface area contributed by atoms with Crippen LogP contribution in [0, 0.1) is 0 Å². The second-order valence-electron chi connectivity index (χ2n) is 4.14. The van der Waals surface area contributed by atoms with Crippen LogP contribution in [0.2, 0.25) is 0 Å². The Balaban J connectivity index is 2.74. The van der Waals surface area contributed by atoms with E-state index in [1.54, 1.807) is 11.3 Å². The normalized spacial score (nSPS) is 11.4. The van der Waals surface area contributed by atoms with Gasteiger partial charge < -0.3 is 0 Å². The van der Waals surface area contributed by atoms with Gasteiger partial charge in [-0.25, -0.2) is 10.8 Å². The quantitative estimate of drug-likeness (QED) is 0.437. The number of hydrogen-bond donors (Lipinski definition) is 2. The highest BCUT2D eigenvalue weighted by Crippen LogP contribution is 2.25. The van der Waals surface area contributed by atoms with Crippen LogP contribution in [-0.2, 0) is 16.6 Å². The van der Waals surface area contributed by atoms with Crippen molar-refractivity contribution in [3.05, 3.63) is 16.1 Å². The number of rotatable bonds is 2. The Hall–Kier alpha value is -0.940. The molecule has 4 nitrogen and oxygen atoms in total. The predicted molar refractivity (Wildman–Crippen MR) is 56.8 cm³/mol. The van der Waals surface area contributed by atoms with Crippen LogP contribution in [0.1, 0.15) is 31.5 Å². The van der Waals surface area contributed by atoms with Crippen molar-refractivity contribution in [2.24, 2.45) is 5.84 Å². The molecule has 0 aliphatic carbocycles. The van der Waals surface area contributed by atoms with E-state index in [0.29, 0.717) is 0 Å². The molecule has 0 bridgehead atoms. The molecular formula is C9H15N3OS. The van der Waals surface area contributed by atoms with E-state index >= 15 is 0 Å². The second kappa shape index (κ2) is 4.06. The van der Waals surface area contributed by atoms with Crippen LogP contribution in [0.4, 0.5) is 0 Å². The minimum absolute atomic E-state index is 0.0438. The van der Waals surface area contributed by atoms with Crippen LogP contribution >= 0.6 is 11.3 Å². The SMILES string of the molecule is CC(C)(C)c1nc(CC(=O)NN)cs1. The fraction of sp³-hybridized carbons (Fsp3) is 0.556. The van der Waals surface area contributed by atoms with Gasteiger partial charge in [-0.15, -0.1) is 11.3 Å². The Labute approximate surface area is 87.5 Å². The van der Waals surface area contributed by atoms with Crippen molar-refractivity contribution in [1.29, 1.82) is 0 Å².